The lowest BCUT2D eigenvalue weighted by Gasteiger charge is -2.49. The number of benzene rings is 4. The minimum atomic E-state index is -1.69. The Morgan fingerprint density at radius 2 is 1.56 bits per heavy atom. The minimum Gasteiger partial charge on any atom is -0.508 e. The van der Waals surface area contributed by atoms with E-state index in [0.29, 0.717) is 50.0 Å². The van der Waals surface area contributed by atoms with Crippen LogP contribution in [0.4, 0.5) is 5.69 Å². The summed E-state index contributed by atoms with van der Waals surface area (Å²) in [4.78, 5) is 77.9. The lowest BCUT2D eigenvalue weighted by atomic mass is 9.53. The smallest absolute Gasteiger partial charge is 0.347 e. The maximum absolute atomic E-state index is 15.6. The number of hydrogen-bond donors (Lipinski definition) is 2. The van der Waals surface area contributed by atoms with Crippen molar-refractivity contribution in [3.05, 3.63) is 143 Å². The third-order valence-electron chi connectivity index (χ3n) is 12.7. The summed E-state index contributed by atoms with van der Waals surface area (Å²) in [6, 6.07) is 18.3. The molecule has 2 aliphatic heterocycles. The van der Waals surface area contributed by atoms with E-state index in [1.165, 1.54) is 60.6 Å². The van der Waals surface area contributed by atoms with Crippen LogP contribution in [0.3, 0.4) is 0 Å². The number of phenols is 1. The van der Waals surface area contributed by atoms with Gasteiger partial charge in [0.25, 0.3) is 17.4 Å². The van der Waals surface area contributed by atoms with Crippen LogP contribution >= 0.6 is 23.2 Å². The Morgan fingerprint density at radius 3 is 2.25 bits per heavy atom. The molecule has 4 atom stereocenters. The van der Waals surface area contributed by atoms with Gasteiger partial charge in [-0.15, -0.1) is 0 Å². The first kappa shape index (κ1) is 42.3. The molecule has 2 N–H and O–H groups in total. The van der Waals surface area contributed by atoms with E-state index in [1.54, 1.807) is 67.7 Å². The molecular formula is C45H41Cl2N7O10. The van der Waals surface area contributed by atoms with Crippen LogP contribution in [0.5, 0.6) is 28.7 Å². The zero-order chi connectivity index (χ0) is 45.4. The molecule has 19 heteroatoms. The molecule has 2 aromatic heterocycles. The number of halogens is 2. The van der Waals surface area contributed by atoms with Gasteiger partial charge in [-0.25, -0.2) is 28.5 Å². The fraction of sp³-hybridized carbons (Fsp3) is 0.289. The summed E-state index contributed by atoms with van der Waals surface area (Å²) in [5, 5.41) is 12.1. The Morgan fingerprint density at radius 1 is 0.844 bits per heavy atom. The highest BCUT2D eigenvalue weighted by molar-refractivity contribution is 6.36. The van der Waals surface area contributed by atoms with Crippen LogP contribution in [0.15, 0.2) is 98.8 Å². The molecule has 2 amide bonds. The molecule has 0 bridgehead atoms. The van der Waals surface area contributed by atoms with E-state index in [2.05, 4.69) is 10.4 Å². The van der Waals surface area contributed by atoms with E-state index in [0.717, 1.165) is 9.58 Å². The monoisotopic (exact) mass is 909 g/mol. The Labute approximate surface area is 374 Å². The average molecular weight is 911 g/mol. The topological polar surface area (TPSA) is 190 Å². The van der Waals surface area contributed by atoms with E-state index in [4.69, 9.17) is 42.1 Å². The first-order chi connectivity index (χ1) is 30.8. The molecule has 9 rings (SSSR count). The molecule has 1 saturated carbocycles. The SMILES string of the molecule is COc1ccc(C23C(=O)N(Nc4ccc(Cl)cc4Cl)C(=O)C2CC2C(=CCn4c(=O)n(CCc5nc6cc(OC)c(OC)cc6n(C)c5=O)c(=O)n42)C3c2ccc(O)cc2OC)cc1. The summed E-state index contributed by atoms with van der Waals surface area (Å²) >= 11 is 12.8. The first-order valence-corrected chi connectivity index (χ1v) is 20.9. The van der Waals surface area contributed by atoms with Crippen LogP contribution in [0.25, 0.3) is 11.0 Å². The highest BCUT2D eigenvalue weighted by Gasteiger charge is 2.69. The molecule has 6 aromatic rings. The molecule has 0 radical (unpaired) electrons. The van der Waals surface area contributed by atoms with Crippen LogP contribution < -0.4 is 41.3 Å². The number of ether oxygens (including phenoxy) is 4. The molecule has 4 heterocycles. The van der Waals surface area contributed by atoms with Crippen molar-refractivity contribution in [3.63, 3.8) is 0 Å². The van der Waals surface area contributed by atoms with Crippen LogP contribution in [-0.2, 0) is 41.6 Å². The number of anilines is 1. The number of phenolic OH excluding ortho intramolecular Hbond substituents is 1. The van der Waals surface area contributed by atoms with Gasteiger partial charge >= 0.3 is 11.4 Å². The molecule has 1 aliphatic carbocycles. The molecule has 4 aromatic carbocycles. The number of fused-ring (bicyclic) bond motifs is 5. The lowest BCUT2D eigenvalue weighted by molar-refractivity contribution is -0.138. The van der Waals surface area contributed by atoms with E-state index < -0.39 is 52.0 Å². The van der Waals surface area contributed by atoms with Gasteiger partial charge in [0.15, 0.2) is 11.5 Å². The van der Waals surface area contributed by atoms with Gasteiger partial charge in [-0.1, -0.05) is 47.5 Å². The van der Waals surface area contributed by atoms with Gasteiger partial charge in [0.05, 0.1) is 74.1 Å². The molecule has 64 heavy (non-hydrogen) atoms. The number of allylic oxidation sites excluding steroid dienone is 2. The van der Waals surface area contributed by atoms with Crippen molar-refractivity contribution >= 4 is 51.7 Å². The number of methoxy groups -OCH3 is 4. The highest BCUT2D eigenvalue weighted by Crippen LogP contribution is 2.63. The van der Waals surface area contributed by atoms with Gasteiger partial charge in [-0.3, -0.25) is 19.8 Å². The predicted octanol–water partition coefficient (Wildman–Crippen LogP) is 4.97. The molecule has 330 valence electrons. The van der Waals surface area contributed by atoms with Crippen molar-refractivity contribution < 1.29 is 33.6 Å². The van der Waals surface area contributed by atoms with Crippen molar-refractivity contribution in [1.29, 1.82) is 0 Å². The maximum atomic E-state index is 15.6. The normalized spacial score (nSPS) is 20.1. The van der Waals surface area contributed by atoms with E-state index in [-0.39, 0.29) is 53.8 Å². The van der Waals surface area contributed by atoms with Crippen molar-refractivity contribution in [1.82, 2.24) is 28.5 Å². The highest BCUT2D eigenvalue weighted by atomic mass is 35.5. The Hall–Kier alpha value is -6.98. The Kier molecular flexibility index (Phi) is 10.6. The summed E-state index contributed by atoms with van der Waals surface area (Å²) in [7, 11) is 7.51. The number of amides is 2. The number of nitrogens with one attached hydrogen (secondary N) is 1. The van der Waals surface area contributed by atoms with Crippen molar-refractivity contribution in [3.8, 4) is 28.7 Å². The zero-order valence-electron chi connectivity index (χ0n) is 35.1. The number of carbonyl (C=O) groups is 2. The maximum Gasteiger partial charge on any atom is 0.347 e. The molecule has 1 saturated heterocycles. The summed E-state index contributed by atoms with van der Waals surface area (Å²) in [6.45, 7) is -0.269. The van der Waals surface area contributed by atoms with E-state index in [9.17, 15) is 19.5 Å². The molecule has 4 unspecified atom stereocenters. The van der Waals surface area contributed by atoms with Crippen LogP contribution in [0, 0.1) is 5.92 Å². The van der Waals surface area contributed by atoms with Gasteiger partial charge in [0.1, 0.15) is 22.9 Å². The van der Waals surface area contributed by atoms with Crippen LogP contribution in [-0.4, -0.2) is 73.9 Å². The largest absolute Gasteiger partial charge is 0.508 e. The predicted molar refractivity (Wildman–Crippen MR) is 236 cm³/mol. The Balaban J connectivity index is 1.19. The van der Waals surface area contributed by atoms with Gasteiger partial charge in [-0.2, -0.15) is 5.01 Å². The fourth-order valence-electron chi connectivity index (χ4n) is 9.72. The van der Waals surface area contributed by atoms with Crippen LogP contribution in [0.1, 0.15) is 35.2 Å². The van der Waals surface area contributed by atoms with Gasteiger partial charge < -0.3 is 28.6 Å². The first-order valence-electron chi connectivity index (χ1n) is 20.1. The summed E-state index contributed by atoms with van der Waals surface area (Å²) < 4.78 is 27.3. The van der Waals surface area contributed by atoms with Crippen LogP contribution in [0.2, 0.25) is 10.0 Å². The van der Waals surface area contributed by atoms with E-state index >= 15 is 9.59 Å². The van der Waals surface area contributed by atoms with Crippen molar-refractivity contribution in [2.24, 2.45) is 13.0 Å². The molecular weight excluding hydrogens is 869 g/mol. The number of imide groups is 1. The number of hydrogen-bond acceptors (Lipinski definition) is 12. The second kappa shape index (κ2) is 16.0. The molecule has 2 fully saturated rings. The number of rotatable bonds is 11. The number of aromatic hydroxyl groups is 1. The Bertz CT molecular complexity index is 3140. The number of hydrazine groups is 1. The third kappa shape index (κ3) is 6.35. The second-order valence-corrected chi connectivity index (χ2v) is 16.5. The number of aryl methyl sites for hydroxylation is 2. The fourth-order valence-corrected chi connectivity index (χ4v) is 10.2. The van der Waals surface area contributed by atoms with E-state index in [1.807, 2.05) is 0 Å². The van der Waals surface area contributed by atoms with Gasteiger partial charge in [-0.05, 0) is 54.0 Å². The quantitative estimate of drug-likeness (QED) is 0.131. The summed E-state index contributed by atoms with van der Waals surface area (Å²) in [5.41, 5.74) is 2.31. The standard InChI is InChI=1S/C45H41Cl2N7O10/c1-50-35-22-38(64-5)37(63-4)21-33(35)48-32(41(50)57)15-16-51-43(59)52-17-14-27-34(54(52)44(51)60)20-29-40(56)53(49-31-13-8-24(46)18-30(31)47)42(58)45(29,23-6-10-26(61-2)11-7-23)39(27)28-12-9-25(55)19-36(28)62-3/h6-14,18-19,21-22,29,34,39,49,55H,15-17,20H2,1-5H3. The summed E-state index contributed by atoms with van der Waals surface area (Å²) in [6.07, 6.45) is 1.65. The van der Waals surface area contributed by atoms with Crippen molar-refractivity contribution in [2.75, 3.05) is 33.9 Å². The molecule has 17 nitrogen and oxygen atoms in total. The number of carbonyl (C=O) groups excluding carboxylic acids is 2. The number of nitrogens with zero attached hydrogens (tertiary/aromatic N) is 6. The second-order valence-electron chi connectivity index (χ2n) is 15.7. The molecule has 3 aliphatic rings. The summed E-state index contributed by atoms with van der Waals surface area (Å²) in [5.74, 6) is -1.95. The molecule has 0 spiro atoms. The average Bonchev–Trinajstić information content (AvgIpc) is 3.67. The zero-order valence-corrected chi connectivity index (χ0v) is 36.6. The number of aromatic nitrogens is 5. The minimum absolute atomic E-state index is 0.0709. The van der Waals surface area contributed by atoms with Gasteiger partial charge in [0, 0.05) is 54.7 Å². The van der Waals surface area contributed by atoms with Gasteiger partial charge in [0.2, 0.25) is 0 Å². The van der Waals surface area contributed by atoms with Crippen molar-refractivity contribution in [2.45, 2.75) is 43.3 Å². The third-order valence-corrected chi connectivity index (χ3v) is 13.2. The lowest BCUT2D eigenvalue weighted by Crippen LogP contribution is -2.53.